The molecule has 1 aliphatic heterocycles. The maximum Gasteiger partial charge on any atom is 0.573 e. The first-order valence-electron chi connectivity index (χ1n) is 8.67. The summed E-state index contributed by atoms with van der Waals surface area (Å²) in [6, 6.07) is 4.24. The van der Waals surface area contributed by atoms with Crippen molar-refractivity contribution in [2.45, 2.75) is 30.0 Å². The SMILES string of the molecule is O=S(=O)(c1ccc(OC(F)(F)F)cc1)N1CCN(c2nc(C3CC3)ns2)CC1. The Kier molecular flexibility index (Phi) is 4.96. The predicted molar refractivity (Wildman–Crippen MR) is 96.0 cm³/mol. The highest BCUT2D eigenvalue weighted by Gasteiger charge is 2.33. The Labute approximate surface area is 164 Å². The van der Waals surface area contributed by atoms with Crippen molar-refractivity contribution in [3.8, 4) is 5.75 Å². The zero-order valence-electron chi connectivity index (χ0n) is 14.6. The minimum absolute atomic E-state index is 0.0672. The lowest BCUT2D eigenvalue weighted by molar-refractivity contribution is -0.274. The first-order chi connectivity index (χ1) is 13.2. The highest BCUT2D eigenvalue weighted by atomic mass is 32.2. The number of sulfonamides is 1. The number of piperazine rings is 1. The lowest BCUT2D eigenvalue weighted by Crippen LogP contribution is -2.48. The van der Waals surface area contributed by atoms with E-state index in [4.69, 9.17) is 0 Å². The van der Waals surface area contributed by atoms with Crippen molar-refractivity contribution in [2.75, 3.05) is 31.1 Å². The second kappa shape index (κ2) is 7.16. The summed E-state index contributed by atoms with van der Waals surface area (Å²) in [4.78, 5) is 6.48. The van der Waals surface area contributed by atoms with E-state index in [1.165, 1.54) is 15.8 Å². The van der Waals surface area contributed by atoms with Crippen LogP contribution in [0.25, 0.3) is 0 Å². The molecule has 1 saturated heterocycles. The van der Waals surface area contributed by atoms with Gasteiger partial charge in [0.2, 0.25) is 15.2 Å². The summed E-state index contributed by atoms with van der Waals surface area (Å²) in [5, 5.41) is 0.799. The van der Waals surface area contributed by atoms with Crippen molar-refractivity contribution >= 4 is 26.7 Å². The van der Waals surface area contributed by atoms with Crippen LogP contribution in [0.15, 0.2) is 29.2 Å². The zero-order valence-corrected chi connectivity index (χ0v) is 16.2. The Bertz CT molecular complexity index is 935. The molecular formula is C16H17F3N4O3S2. The van der Waals surface area contributed by atoms with Gasteiger partial charge in [0, 0.05) is 43.6 Å². The van der Waals surface area contributed by atoms with Gasteiger partial charge < -0.3 is 9.64 Å². The number of hydrogen-bond acceptors (Lipinski definition) is 7. The molecule has 0 bridgehead atoms. The number of benzene rings is 1. The van der Waals surface area contributed by atoms with E-state index in [-0.39, 0.29) is 18.0 Å². The van der Waals surface area contributed by atoms with Crippen molar-refractivity contribution in [1.29, 1.82) is 0 Å². The third-order valence-corrected chi connectivity index (χ3v) is 7.28. The molecule has 2 heterocycles. The lowest BCUT2D eigenvalue weighted by atomic mass is 10.3. The molecule has 0 spiro atoms. The van der Waals surface area contributed by atoms with Gasteiger partial charge >= 0.3 is 6.36 Å². The molecule has 4 rings (SSSR count). The summed E-state index contributed by atoms with van der Waals surface area (Å²) in [6.07, 6.45) is -2.58. The van der Waals surface area contributed by atoms with Gasteiger partial charge in [0.1, 0.15) is 11.6 Å². The van der Waals surface area contributed by atoms with Gasteiger partial charge in [-0.2, -0.15) is 8.68 Å². The van der Waals surface area contributed by atoms with E-state index in [0.717, 1.165) is 48.1 Å². The minimum Gasteiger partial charge on any atom is -0.406 e. The lowest BCUT2D eigenvalue weighted by Gasteiger charge is -2.33. The van der Waals surface area contributed by atoms with E-state index < -0.39 is 22.1 Å². The number of nitrogens with zero attached hydrogens (tertiary/aromatic N) is 4. The molecule has 0 unspecified atom stereocenters. The zero-order chi connectivity index (χ0) is 19.9. The first-order valence-corrected chi connectivity index (χ1v) is 10.9. The molecule has 0 amide bonds. The average molecular weight is 434 g/mol. The van der Waals surface area contributed by atoms with Crippen LogP contribution in [0.3, 0.4) is 0 Å². The van der Waals surface area contributed by atoms with Gasteiger partial charge in [-0.05, 0) is 37.1 Å². The third-order valence-electron chi connectivity index (χ3n) is 4.58. The molecule has 0 N–H and O–H groups in total. The van der Waals surface area contributed by atoms with E-state index in [2.05, 4.69) is 14.1 Å². The number of ether oxygens (including phenoxy) is 1. The van der Waals surface area contributed by atoms with Gasteiger partial charge in [-0.15, -0.1) is 13.2 Å². The summed E-state index contributed by atoms with van der Waals surface area (Å²) in [5.41, 5.74) is 0. The monoisotopic (exact) mass is 434 g/mol. The number of anilines is 1. The van der Waals surface area contributed by atoms with Gasteiger partial charge in [-0.1, -0.05) is 0 Å². The molecule has 1 saturated carbocycles. The highest BCUT2D eigenvalue weighted by Crippen LogP contribution is 2.39. The third kappa shape index (κ3) is 4.23. The largest absolute Gasteiger partial charge is 0.573 e. The minimum atomic E-state index is -4.82. The van der Waals surface area contributed by atoms with E-state index in [1.807, 2.05) is 4.90 Å². The molecule has 0 atom stereocenters. The van der Waals surface area contributed by atoms with E-state index in [9.17, 15) is 21.6 Å². The first kappa shape index (κ1) is 19.4. The number of halogens is 3. The molecule has 12 heteroatoms. The van der Waals surface area contributed by atoms with Crippen LogP contribution >= 0.6 is 11.5 Å². The van der Waals surface area contributed by atoms with Crippen molar-refractivity contribution in [3.63, 3.8) is 0 Å². The Morgan fingerprint density at radius 2 is 1.71 bits per heavy atom. The van der Waals surface area contributed by atoms with Crippen LogP contribution in [-0.4, -0.2) is 54.6 Å². The van der Waals surface area contributed by atoms with Gasteiger partial charge in [0.05, 0.1) is 4.90 Å². The molecule has 0 radical (unpaired) electrons. The topological polar surface area (TPSA) is 75.6 Å². The van der Waals surface area contributed by atoms with E-state index in [0.29, 0.717) is 19.0 Å². The molecule has 7 nitrogen and oxygen atoms in total. The smallest absolute Gasteiger partial charge is 0.406 e. The van der Waals surface area contributed by atoms with Crippen LogP contribution in [0.1, 0.15) is 24.6 Å². The van der Waals surface area contributed by atoms with Crippen molar-refractivity contribution in [3.05, 3.63) is 30.1 Å². The number of hydrogen-bond donors (Lipinski definition) is 0. The number of alkyl halides is 3. The van der Waals surface area contributed by atoms with Crippen LogP contribution in [0.2, 0.25) is 0 Å². The second-order valence-corrected chi connectivity index (χ2v) is 9.29. The summed E-state index contributed by atoms with van der Waals surface area (Å²) in [6.45, 7) is 1.49. The van der Waals surface area contributed by atoms with Gasteiger partial charge in [0.25, 0.3) is 0 Å². The van der Waals surface area contributed by atoms with Crippen LogP contribution < -0.4 is 9.64 Å². The van der Waals surface area contributed by atoms with Crippen LogP contribution in [-0.2, 0) is 10.0 Å². The van der Waals surface area contributed by atoms with Crippen LogP contribution in [0.4, 0.5) is 18.3 Å². The standard InChI is InChI=1S/C16H17F3N4O3S2/c17-16(18,19)26-12-3-5-13(6-4-12)28(24,25)23-9-7-22(8-10-23)15-20-14(21-27-15)11-1-2-11/h3-6,11H,1-2,7-10H2. The maximum absolute atomic E-state index is 12.7. The fraction of sp³-hybridized carbons (Fsp3) is 0.500. The molecule has 1 aromatic carbocycles. The average Bonchev–Trinajstić information content (AvgIpc) is 3.38. The summed E-state index contributed by atoms with van der Waals surface area (Å²) in [5.74, 6) is 0.881. The fourth-order valence-electron chi connectivity index (χ4n) is 2.94. The molecule has 2 fully saturated rings. The maximum atomic E-state index is 12.7. The molecule has 2 aromatic rings. The Hall–Kier alpha value is -1.92. The normalized spacial score (nSPS) is 19.0. The van der Waals surface area contributed by atoms with Gasteiger partial charge in [-0.25, -0.2) is 13.4 Å². The second-order valence-electron chi connectivity index (χ2n) is 6.62. The molecule has 1 aliphatic carbocycles. The van der Waals surface area contributed by atoms with Gasteiger partial charge in [0.15, 0.2) is 0 Å². The van der Waals surface area contributed by atoms with Gasteiger partial charge in [-0.3, -0.25) is 0 Å². The summed E-state index contributed by atoms with van der Waals surface area (Å²) >= 11 is 1.33. The van der Waals surface area contributed by atoms with Crippen LogP contribution in [0, 0.1) is 0 Å². The number of aromatic nitrogens is 2. The molecule has 152 valence electrons. The quantitative estimate of drug-likeness (QED) is 0.721. The van der Waals surface area contributed by atoms with E-state index >= 15 is 0 Å². The highest BCUT2D eigenvalue weighted by molar-refractivity contribution is 7.89. The van der Waals surface area contributed by atoms with Crippen molar-refractivity contribution in [2.24, 2.45) is 0 Å². The molecule has 28 heavy (non-hydrogen) atoms. The molecular weight excluding hydrogens is 417 g/mol. The Morgan fingerprint density at radius 1 is 1.07 bits per heavy atom. The Balaban J connectivity index is 1.40. The molecule has 2 aliphatic rings. The Morgan fingerprint density at radius 3 is 2.29 bits per heavy atom. The fourth-order valence-corrected chi connectivity index (χ4v) is 5.16. The summed E-state index contributed by atoms with van der Waals surface area (Å²) in [7, 11) is -3.79. The number of rotatable bonds is 5. The van der Waals surface area contributed by atoms with E-state index in [1.54, 1.807) is 0 Å². The molecule has 1 aromatic heterocycles. The summed E-state index contributed by atoms with van der Waals surface area (Å²) < 4.78 is 71.7. The van der Waals surface area contributed by atoms with Crippen LogP contribution in [0.5, 0.6) is 5.75 Å². The predicted octanol–water partition coefficient (Wildman–Crippen LogP) is 2.83. The van der Waals surface area contributed by atoms with Crippen molar-refractivity contribution < 1.29 is 26.3 Å². The van der Waals surface area contributed by atoms with Crippen molar-refractivity contribution in [1.82, 2.24) is 13.7 Å².